The fourth-order valence-electron chi connectivity index (χ4n) is 2.89. The van der Waals surface area contributed by atoms with Gasteiger partial charge in [-0.2, -0.15) is 0 Å². The Kier molecular flexibility index (Phi) is 4.43. The number of alkyl halides is 1. The van der Waals surface area contributed by atoms with Crippen molar-refractivity contribution in [1.82, 2.24) is 0 Å². The lowest BCUT2D eigenvalue weighted by molar-refractivity contribution is -0.141. The van der Waals surface area contributed by atoms with Crippen LogP contribution in [-0.4, -0.2) is 30.0 Å². The number of ether oxygens (including phenoxy) is 1. The van der Waals surface area contributed by atoms with Crippen molar-refractivity contribution in [2.45, 2.75) is 5.41 Å². The number of esters is 1. The fourth-order valence-corrected chi connectivity index (χ4v) is 3.14. The van der Waals surface area contributed by atoms with E-state index in [2.05, 4.69) is 0 Å². The summed E-state index contributed by atoms with van der Waals surface area (Å²) in [6, 6.07) is 13.1. The van der Waals surface area contributed by atoms with Crippen LogP contribution in [0.1, 0.15) is 26.3 Å². The summed E-state index contributed by atoms with van der Waals surface area (Å²) in [5.74, 6) is -1.89. The second-order valence-electron chi connectivity index (χ2n) is 5.41. The molecule has 0 N–H and O–H groups in total. The third kappa shape index (κ3) is 2.52. The van der Waals surface area contributed by atoms with Crippen LogP contribution in [0.15, 0.2) is 48.5 Å². The molecule has 0 amide bonds. The number of Topliss-reactive ketones (excluding diaryl/α,β-unsaturated/α-hetero) is 2. The highest BCUT2D eigenvalue weighted by molar-refractivity contribution is 6.36. The fraction of sp³-hybridized carbons (Fsp3) is 0.167. The van der Waals surface area contributed by atoms with Crippen molar-refractivity contribution in [3.8, 4) is 0 Å². The largest absolute Gasteiger partial charge is 0.463 e. The average molecular weight is 363 g/mol. The van der Waals surface area contributed by atoms with Gasteiger partial charge in [-0.05, 0) is 23.8 Å². The summed E-state index contributed by atoms with van der Waals surface area (Å²) < 4.78 is 5.09. The SMILES string of the molecule is O=C(CCl)OC[C@]1(c2ccccc2)C(=O)c2ccc(Cl)cc2C1=O. The highest BCUT2D eigenvalue weighted by atomic mass is 35.5. The first-order valence-corrected chi connectivity index (χ1v) is 8.08. The summed E-state index contributed by atoms with van der Waals surface area (Å²) in [7, 11) is 0. The number of halogens is 2. The van der Waals surface area contributed by atoms with Gasteiger partial charge in [0, 0.05) is 16.1 Å². The standard InChI is InChI=1S/C18H12Cl2O4/c19-9-15(21)24-10-18(11-4-2-1-3-5-11)16(22)13-7-6-12(20)8-14(13)17(18)23/h1-8H,9-10H2/t18-/m0/s1. The van der Waals surface area contributed by atoms with Crippen molar-refractivity contribution in [3.05, 3.63) is 70.2 Å². The van der Waals surface area contributed by atoms with Gasteiger partial charge in [-0.25, -0.2) is 0 Å². The molecule has 1 aliphatic rings. The van der Waals surface area contributed by atoms with E-state index in [4.69, 9.17) is 27.9 Å². The number of carbonyl (C=O) groups excluding carboxylic acids is 3. The minimum atomic E-state index is -1.60. The van der Waals surface area contributed by atoms with Crippen LogP contribution in [0.4, 0.5) is 0 Å². The van der Waals surface area contributed by atoms with Crippen molar-refractivity contribution in [1.29, 1.82) is 0 Å². The Labute approximate surface area is 148 Å². The second kappa shape index (κ2) is 6.38. The smallest absolute Gasteiger partial charge is 0.320 e. The van der Waals surface area contributed by atoms with Crippen molar-refractivity contribution in [2.75, 3.05) is 12.5 Å². The Morgan fingerprint density at radius 1 is 1.00 bits per heavy atom. The topological polar surface area (TPSA) is 60.4 Å². The number of fused-ring (bicyclic) bond motifs is 1. The number of rotatable bonds is 4. The summed E-state index contributed by atoms with van der Waals surface area (Å²) >= 11 is 11.4. The molecular formula is C18H12Cl2O4. The maximum absolute atomic E-state index is 13.1. The lowest BCUT2D eigenvalue weighted by Gasteiger charge is -2.25. The average Bonchev–Trinajstić information content (AvgIpc) is 2.82. The van der Waals surface area contributed by atoms with Gasteiger partial charge in [-0.15, -0.1) is 11.6 Å². The molecule has 0 fully saturated rings. The second-order valence-corrected chi connectivity index (χ2v) is 6.12. The number of ketones is 2. The molecule has 0 saturated carbocycles. The van der Waals surface area contributed by atoms with Gasteiger partial charge >= 0.3 is 5.97 Å². The molecule has 0 radical (unpaired) electrons. The molecule has 6 heteroatoms. The van der Waals surface area contributed by atoms with Crippen molar-refractivity contribution < 1.29 is 19.1 Å². The molecule has 1 atom stereocenters. The van der Waals surface area contributed by atoms with Crippen molar-refractivity contribution >= 4 is 40.7 Å². The lowest BCUT2D eigenvalue weighted by Crippen LogP contribution is -2.43. The summed E-state index contributed by atoms with van der Waals surface area (Å²) in [5, 5.41) is 0.358. The van der Waals surface area contributed by atoms with Gasteiger partial charge in [-0.3, -0.25) is 14.4 Å². The van der Waals surface area contributed by atoms with Crippen molar-refractivity contribution in [2.24, 2.45) is 0 Å². The first kappa shape index (κ1) is 16.7. The quantitative estimate of drug-likeness (QED) is 0.474. The van der Waals surface area contributed by atoms with E-state index in [0.717, 1.165) is 0 Å². The van der Waals surface area contributed by atoms with E-state index in [0.29, 0.717) is 10.6 Å². The minimum Gasteiger partial charge on any atom is -0.463 e. The van der Waals surface area contributed by atoms with Gasteiger partial charge < -0.3 is 4.74 Å². The van der Waals surface area contributed by atoms with E-state index in [1.54, 1.807) is 36.4 Å². The van der Waals surface area contributed by atoms with Crippen LogP contribution >= 0.6 is 23.2 Å². The van der Waals surface area contributed by atoms with Gasteiger partial charge in [0.1, 0.15) is 12.5 Å². The van der Waals surface area contributed by atoms with Gasteiger partial charge in [0.2, 0.25) is 0 Å². The highest BCUT2D eigenvalue weighted by Crippen LogP contribution is 2.41. The van der Waals surface area contributed by atoms with E-state index in [1.165, 1.54) is 12.1 Å². The molecule has 0 bridgehead atoms. The molecule has 0 unspecified atom stereocenters. The zero-order valence-electron chi connectivity index (χ0n) is 12.4. The molecule has 0 spiro atoms. The van der Waals surface area contributed by atoms with Crippen LogP contribution in [0, 0.1) is 0 Å². The molecule has 3 rings (SSSR count). The Morgan fingerprint density at radius 3 is 2.33 bits per heavy atom. The number of benzene rings is 2. The number of hydrogen-bond acceptors (Lipinski definition) is 4. The van der Waals surface area contributed by atoms with E-state index < -0.39 is 29.6 Å². The van der Waals surface area contributed by atoms with E-state index in [-0.39, 0.29) is 17.0 Å². The van der Waals surface area contributed by atoms with Crippen LogP contribution < -0.4 is 0 Å². The highest BCUT2D eigenvalue weighted by Gasteiger charge is 2.55. The van der Waals surface area contributed by atoms with Gasteiger partial charge in [-0.1, -0.05) is 41.9 Å². The molecular weight excluding hydrogens is 351 g/mol. The summed E-state index contributed by atoms with van der Waals surface area (Å²) in [4.78, 5) is 37.6. The summed E-state index contributed by atoms with van der Waals surface area (Å²) in [6.45, 7) is -0.396. The lowest BCUT2D eigenvalue weighted by atomic mass is 9.76. The molecule has 0 heterocycles. The van der Waals surface area contributed by atoms with Crippen molar-refractivity contribution in [3.63, 3.8) is 0 Å². The molecule has 2 aromatic carbocycles. The molecule has 2 aromatic rings. The van der Waals surface area contributed by atoms with Crippen LogP contribution in [0.25, 0.3) is 0 Å². The Hall–Kier alpha value is -2.17. The molecule has 0 aromatic heterocycles. The van der Waals surface area contributed by atoms with Gasteiger partial charge in [0.25, 0.3) is 0 Å². The monoisotopic (exact) mass is 362 g/mol. The predicted octanol–water partition coefficient (Wildman–Crippen LogP) is 3.44. The molecule has 0 saturated heterocycles. The van der Waals surface area contributed by atoms with Crippen LogP contribution in [0.5, 0.6) is 0 Å². The first-order valence-electron chi connectivity index (χ1n) is 7.17. The van der Waals surface area contributed by atoms with E-state index in [9.17, 15) is 14.4 Å². The summed E-state index contributed by atoms with van der Waals surface area (Å²) in [5.41, 5.74) is -0.626. The Bertz CT molecular complexity index is 832. The molecule has 0 aliphatic heterocycles. The molecule has 24 heavy (non-hydrogen) atoms. The van der Waals surface area contributed by atoms with E-state index in [1.807, 2.05) is 0 Å². The first-order chi connectivity index (χ1) is 11.5. The van der Waals surface area contributed by atoms with Gasteiger partial charge in [0.05, 0.1) is 0 Å². The zero-order chi connectivity index (χ0) is 17.3. The van der Waals surface area contributed by atoms with Gasteiger partial charge in [0.15, 0.2) is 17.0 Å². The zero-order valence-corrected chi connectivity index (χ0v) is 13.9. The van der Waals surface area contributed by atoms with Crippen LogP contribution in [-0.2, 0) is 14.9 Å². The Morgan fingerprint density at radius 2 is 1.67 bits per heavy atom. The third-order valence-electron chi connectivity index (χ3n) is 4.07. The molecule has 122 valence electrons. The van der Waals surface area contributed by atoms with E-state index >= 15 is 0 Å². The number of hydrogen-bond donors (Lipinski definition) is 0. The predicted molar refractivity (Wildman–Crippen MR) is 89.9 cm³/mol. The Balaban J connectivity index is 2.15. The van der Waals surface area contributed by atoms with Crippen LogP contribution in [0.3, 0.4) is 0 Å². The number of carbonyl (C=O) groups is 3. The normalized spacial score (nSPS) is 19.2. The summed E-state index contributed by atoms with van der Waals surface area (Å²) in [6.07, 6.45) is 0. The molecule has 4 nitrogen and oxygen atoms in total. The molecule has 1 aliphatic carbocycles. The maximum atomic E-state index is 13.1. The minimum absolute atomic E-state index is 0.235. The van der Waals surface area contributed by atoms with Crippen LogP contribution in [0.2, 0.25) is 5.02 Å². The third-order valence-corrected chi connectivity index (χ3v) is 4.52. The maximum Gasteiger partial charge on any atom is 0.320 e.